The first-order valence-corrected chi connectivity index (χ1v) is 8.65. The number of carbonyl (C=O) groups is 1. The Bertz CT molecular complexity index is 923. The first-order valence-electron chi connectivity index (χ1n) is 8.65. The largest absolute Gasteiger partial charge is 0.493 e. The molecule has 1 atom stereocenters. The summed E-state index contributed by atoms with van der Waals surface area (Å²) in [5, 5.41) is 0. The van der Waals surface area contributed by atoms with Crippen LogP contribution in [0.15, 0.2) is 24.3 Å². The zero-order valence-electron chi connectivity index (χ0n) is 14.7. The Morgan fingerprint density at radius 3 is 2.69 bits per heavy atom. The zero-order valence-corrected chi connectivity index (χ0v) is 14.7. The Balaban J connectivity index is 1.64. The lowest BCUT2D eigenvalue weighted by Gasteiger charge is -2.40. The molecule has 5 rings (SSSR count). The van der Waals surface area contributed by atoms with Crippen LogP contribution in [0, 0.1) is 0 Å². The van der Waals surface area contributed by atoms with Gasteiger partial charge < -0.3 is 18.9 Å². The summed E-state index contributed by atoms with van der Waals surface area (Å²) >= 11 is 0. The van der Waals surface area contributed by atoms with E-state index in [0.717, 1.165) is 41.2 Å². The van der Waals surface area contributed by atoms with E-state index in [1.54, 1.807) is 20.3 Å². The molecule has 1 unspecified atom stereocenters. The highest BCUT2D eigenvalue weighted by Crippen LogP contribution is 2.46. The van der Waals surface area contributed by atoms with Crippen LogP contribution in [-0.2, 0) is 13.0 Å². The molecule has 3 aliphatic rings. The van der Waals surface area contributed by atoms with Crippen LogP contribution < -0.4 is 18.9 Å². The van der Waals surface area contributed by atoms with E-state index in [-0.39, 0.29) is 18.6 Å². The summed E-state index contributed by atoms with van der Waals surface area (Å²) in [6.45, 7) is 1.70. The molecular formula is C20H19NO5. The Morgan fingerprint density at radius 2 is 1.92 bits per heavy atom. The average Bonchev–Trinajstić information content (AvgIpc) is 3.12. The van der Waals surface area contributed by atoms with Gasteiger partial charge in [0.15, 0.2) is 28.8 Å². The summed E-state index contributed by atoms with van der Waals surface area (Å²) in [6.07, 6.45) is 0.872. The maximum Gasteiger partial charge on any atom is 0.231 e. The standard InChI is InChI=1S/C20H19NO5/c1-23-15-4-3-12-14(20(15)24-2)9-21-6-5-11-7-16-17(26-10-25-16)8-13(11)18(21)19(12)22/h3-4,7-8,18H,5-6,9-10H2,1-2H3. The van der Waals surface area contributed by atoms with Gasteiger partial charge >= 0.3 is 0 Å². The Kier molecular flexibility index (Phi) is 3.37. The summed E-state index contributed by atoms with van der Waals surface area (Å²) in [5.41, 5.74) is 3.78. The van der Waals surface area contributed by atoms with Gasteiger partial charge in [0.1, 0.15) is 0 Å². The van der Waals surface area contributed by atoms with Crippen molar-refractivity contribution >= 4 is 5.78 Å². The van der Waals surface area contributed by atoms with E-state index in [9.17, 15) is 4.79 Å². The van der Waals surface area contributed by atoms with Gasteiger partial charge in [-0.15, -0.1) is 0 Å². The first kappa shape index (κ1) is 15.5. The highest BCUT2D eigenvalue weighted by atomic mass is 16.7. The van der Waals surface area contributed by atoms with Crippen molar-refractivity contribution in [1.82, 2.24) is 4.90 Å². The van der Waals surface area contributed by atoms with Gasteiger partial charge in [0, 0.05) is 24.2 Å². The Hall–Kier alpha value is -2.73. The molecule has 134 valence electrons. The summed E-state index contributed by atoms with van der Waals surface area (Å²) in [4.78, 5) is 15.6. The van der Waals surface area contributed by atoms with Crippen LogP contribution in [-0.4, -0.2) is 38.2 Å². The Labute approximate surface area is 151 Å². The minimum atomic E-state index is -0.293. The topological polar surface area (TPSA) is 57.2 Å². The van der Waals surface area contributed by atoms with Crippen molar-refractivity contribution in [2.45, 2.75) is 19.0 Å². The number of nitrogens with zero attached hydrogens (tertiary/aromatic N) is 1. The third kappa shape index (κ3) is 2.05. The number of hydrogen-bond acceptors (Lipinski definition) is 6. The molecule has 0 amide bonds. The summed E-state index contributed by atoms with van der Waals surface area (Å²) in [6, 6.07) is 7.34. The molecule has 6 heteroatoms. The molecule has 0 aromatic heterocycles. The lowest BCUT2D eigenvalue weighted by molar-refractivity contribution is 0.0743. The van der Waals surface area contributed by atoms with Crippen molar-refractivity contribution < 1.29 is 23.7 Å². The maximum absolute atomic E-state index is 13.4. The molecule has 0 spiro atoms. The third-order valence-electron chi connectivity index (χ3n) is 5.49. The number of hydrogen-bond donors (Lipinski definition) is 0. The highest BCUT2D eigenvalue weighted by molar-refractivity contribution is 6.04. The van der Waals surface area contributed by atoms with Gasteiger partial charge in [-0.05, 0) is 41.8 Å². The summed E-state index contributed by atoms with van der Waals surface area (Å²) in [7, 11) is 3.22. The van der Waals surface area contributed by atoms with Crippen molar-refractivity contribution in [3.63, 3.8) is 0 Å². The van der Waals surface area contributed by atoms with Crippen molar-refractivity contribution in [3.8, 4) is 23.0 Å². The fourth-order valence-electron chi connectivity index (χ4n) is 4.27. The Morgan fingerprint density at radius 1 is 1.12 bits per heavy atom. The predicted molar refractivity (Wildman–Crippen MR) is 93.3 cm³/mol. The number of Topliss-reactive ketones (excluding diaryl/α,β-unsaturated/α-hetero) is 1. The van der Waals surface area contributed by atoms with Crippen LogP contribution in [0.25, 0.3) is 0 Å². The summed E-state index contributed by atoms with van der Waals surface area (Å²) < 4.78 is 22.0. The van der Waals surface area contributed by atoms with Gasteiger partial charge in [-0.3, -0.25) is 9.69 Å². The molecule has 2 aromatic rings. The number of methoxy groups -OCH3 is 2. The van der Waals surface area contributed by atoms with Crippen LogP contribution in [0.1, 0.15) is 33.1 Å². The van der Waals surface area contributed by atoms with Crippen molar-refractivity contribution in [3.05, 3.63) is 46.5 Å². The highest BCUT2D eigenvalue weighted by Gasteiger charge is 2.40. The molecule has 0 saturated heterocycles. The van der Waals surface area contributed by atoms with E-state index in [4.69, 9.17) is 18.9 Å². The molecule has 0 saturated carbocycles. The van der Waals surface area contributed by atoms with E-state index >= 15 is 0 Å². The number of carbonyl (C=O) groups excluding carboxylic acids is 1. The van der Waals surface area contributed by atoms with Gasteiger partial charge in [-0.2, -0.15) is 0 Å². The lowest BCUT2D eigenvalue weighted by Crippen LogP contribution is -2.43. The number of ketones is 1. The number of fused-ring (bicyclic) bond motifs is 5. The molecule has 3 aliphatic heterocycles. The van der Waals surface area contributed by atoms with E-state index in [1.165, 1.54) is 0 Å². The van der Waals surface area contributed by atoms with Gasteiger partial charge in [-0.25, -0.2) is 0 Å². The summed E-state index contributed by atoms with van der Waals surface area (Å²) in [5.74, 6) is 2.88. The van der Waals surface area contributed by atoms with Crippen LogP contribution in [0.2, 0.25) is 0 Å². The van der Waals surface area contributed by atoms with E-state index in [1.807, 2.05) is 18.2 Å². The van der Waals surface area contributed by atoms with Gasteiger partial charge in [-0.1, -0.05) is 0 Å². The van der Waals surface area contributed by atoms with Gasteiger partial charge in [0.05, 0.1) is 20.3 Å². The minimum absolute atomic E-state index is 0.0898. The van der Waals surface area contributed by atoms with Crippen molar-refractivity contribution in [2.24, 2.45) is 0 Å². The number of rotatable bonds is 2. The number of ether oxygens (including phenoxy) is 4. The van der Waals surface area contributed by atoms with Crippen LogP contribution in [0.3, 0.4) is 0 Å². The van der Waals surface area contributed by atoms with Crippen LogP contribution in [0.5, 0.6) is 23.0 Å². The molecule has 0 bridgehead atoms. The normalized spacial score (nSPS) is 20.2. The van der Waals surface area contributed by atoms with E-state index in [2.05, 4.69) is 4.90 Å². The smallest absolute Gasteiger partial charge is 0.231 e. The third-order valence-corrected chi connectivity index (χ3v) is 5.49. The second-order valence-electron chi connectivity index (χ2n) is 6.72. The maximum atomic E-state index is 13.4. The molecule has 0 N–H and O–H groups in total. The van der Waals surface area contributed by atoms with E-state index < -0.39 is 0 Å². The molecule has 0 fully saturated rings. The SMILES string of the molecule is COc1ccc2c(c1OC)CN1CCc3cc4c(cc3C1C2=O)OCO4. The fourth-order valence-corrected chi connectivity index (χ4v) is 4.27. The van der Waals surface area contributed by atoms with Crippen molar-refractivity contribution in [2.75, 3.05) is 27.6 Å². The van der Waals surface area contributed by atoms with Crippen LogP contribution in [0.4, 0.5) is 0 Å². The minimum Gasteiger partial charge on any atom is -0.493 e. The second kappa shape index (κ2) is 5.64. The monoisotopic (exact) mass is 353 g/mol. The molecule has 2 aromatic carbocycles. The fraction of sp³-hybridized carbons (Fsp3) is 0.350. The van der Waals surface area contributed by atoms with Gasteiger partial charge in [0.2, 0.25) is 6.79 Å². The zero-order chi connectivity index (χ0) is 17.8. The number of benzene rings is 2. The molecule has 3 heterocycles. The molecule has 0 radical (unpaired) electrons. The van der Waals surface area contributed by atoms with Crippen molar-refractivity contribution in [1.29, 1.82) is 0 Å². The molecule has 26 heavy (non-hydrogen) atoms. The molecular weight excluding hydrogens is 334 g/mol. The average molecular weight is 353 g/mol. The predicted octanol–water partition coefficient (Wildman–Crippen LogP) is 2.73. The second-order valence-corrected chi connectivity index (χ2v) is 6.72. The van der Waals surface area contributed by atoms with Crippen LogP contribution >= 0.6 is 0 Å². The molecule has 0 aliphatic carbocycles. The first-order chi connectivity index (χ1) is 12.7. The van der Waals surface area contributed by atoms with E-state index in [0.29, 0.717) is 23.6 Å². The molecule has 6 nitrogen and oxygen atoms in total. The quantitative estimate of drug-likeness (QED) is 0.827. The lowest BCUT2D eigenvalue weighted by atomic mass is 9.82. The van der Waals surface area contributed by atoms with Gasteiger partial charge in [0.25, 0.3) is 0 Å².